The molecule has 0 spiro atoms. The highest BCUT2D eigenvalue weighted by Crippen LogP contribution is 2.21. The molecule has 1 aliphatic heterocycles. The minimum Gasteiger partial charge on any atom is -0.352 e. The SMILES string of the molecule is Cc1ccc(NC(=O)N2CCC(CC(=O)NCc3ccccc3C)CC2)cc1. The Morgan fingerprint density at radius 2 is 1.68 bits per heavy atom. The van der Waals surface area contributed by atoms with Gasteiger partial charge < -0.3 is 15.5 Å². The van der Waals surface area contributed by atoms with Crippen LogP contribution in [0, 0.1) is 19.8 Å². The van der Waals surface area contributed by atoms with Crippen molar-refractivity contribution in [2.45, 2.75) is 39.7 Å². The molecule has 5 heteroatoms. The van der Waals surface area contributed by atoms with Crippen LogP contribution in [-0.4, -0.2) is 29.9 Å². The molecule has 2 aromatic carbocycles. The Kier molecular flexibility index (Phi) is 6.69. The van der Waals surface area contributed by atoms with E-state index in [4.69, 9.17) is 0 Å². The molecule has 5 nitrogen and oxygen atoms in total. The second-order valence-corrected chi connectivity index (χ2v) is 7.63. The van der Waals surface area contributed by atoms with E-state index in [1.165, 1.54) is 11.1 Å². The summed E-state index contributed by atoms with van der Waals surface area (Å²) in [5.74, 6) is 0.422. The van der Waals surface area contributed by atoms with E-state index in [0.29, 0.717) is 32.0 Å². The largest absolute Gasteiger partial charge is 0.352 e. The lowest BCUT2D eigenvalue weighted by Gasteiger charge is -2.31. The lowest BCUT2D eigenvalue weighted by atomic mass is 9.93. The standard InChI is InChI=1S/C23H29N3O2/c1-17-7-9-21(10-8-17)25-23(28)26-13-11-19(12-14-26)15-22(27)24-16-20-6-4-3-5-18(20)2/h3-10,19H,11-16H2,1-2H3,(H,24,27)(H,25,28). The number of carbonyl (C=O) groups is 2. The summed E-state index contributed by atoms with van der Waals surface area (Å²) < 4.78 is 0. The van der Waals surface area contributed by atoms with Crippen LogP contribution in [0.25, 0.3) is 0 Å². The smallest absolute Gasteiger partial charge is 0.321 e. The van der Waals surface area contributed by atoms with Crippen LogP contribution in [0.15, 0.2) is 48.5 Å². The van der Waals surface area contributed by atoms with Crippen molar-refractivity contribution in [3.05, 3.63) is 65.2 Å². The van der Waals surface area contributed by atoms with Crippen LogP contribution in [0.5, 0.6) is 0 Å². The molecule has 0 bridgehead atoms. The van der Waals surface area contributed by atoms with Gasteiger partial charge in [0.1, 0.15) is 0 Å². The number of anilines is 1. The minimum absolute atomic E-state index is 0.0636. The number of piperidine rings is 1. The van der Waals surface area contributed by atoms with Crippen LogP contribution < -0.4 is 10.6 Å². The molecule has 0 aromatic heterocycles. The van der Waals surface area contributed by atoms with Gasteiger partial charge in [0.25, 0.3) is 0 Å². The number of rotatable bonds is 5. The summed E-state index contributed by atoms with van der Waals surface area (Å²) in [5.41, 5.74) is 4.32. The first kappa shape index (κ1) is 19.9. The van der Waals surface area contributed by atoms with Gasteiger partial charge in [-0.05, 0) is 55.9 Å². The van der Waals surface area contributed by atoms with Crippen molar-refractivity contribution in [2.75, 3.05) is 18.4 Å². The predicted molar refractivity (Wildman–Crippen MR) is 112 cm³/mol. The van der Waals surface area contributed by atoms with E-state index < -0.39 is 0 Å². The molecule has 1 heterocycles. The molecule has 2 N–H and O–H groups in total. The quantitative estimate of drug-likeness (QED) is 0.816. The second-order valence-electron chi connectivity index (χ2n) is 7.63. The molecule has 0 saturated carbocycles. The highest BCUT2D eigenvalue weighted by molar-refractivity contribution is 5.89. The van der Waals surface area contributed by atoms with Crippen LogP contribution in [0.4, 0.5) is 10.5 Å². The lowest BCUT2D eigenvalue weighted by Crippen LogP contribution is -2.41. The van der Waals surface area contributed by atoms with Crippen molar-refractivity contribution in [2.24, 2.45) is 5.92 Å². The second kappa shape index (κ2) is 9.40. The molecule has 0 unspecified atom stereocenters. The van der Waals surface area contributed by atoms with E-state index in [1.807, 2.05) is 54.3 Å². The summed E-state index contributed by atoms with van der Waals surface area (Å²) in [6.45, 7) is 6.02. The highest BCUT2D eigenvalue weighted by atomic mass is 16.2. The van der Waals surface area contributed by atoms with Gasteiger partial charge in [-0.3, -0.25) is 4.79 Å². The Bertz CT molecular complexity index is 809. The monoisotopic (exact) mass is 379 g/mol. The average molecular weight is 380 g/mol. The molecule has 1 saturated heterocycles. The van der Waals surface area contributed by atoms with Gasteiger partial charge in [0, 0.05) is 31.7 Å². The Morgan fingerprint density at radius 3 is 2.36 bits per heavy atom. The molecule has 148 valence electrons. The normalized spacial score (nSPS) is 14.6. The Balaban J connectivity index is 1.39. The summed E-state index contributed by atoms with van der Waals surface area (Å²) >= 11 is 0. The predicted octanol–water partition coefficient (Wildman–Crippen LogP) is 4.25. The van der Waals surface area contributed by atoms with Gasteiger partial charge in [0.05, 0.1) is 0 Å². The van der Waals surface area contributed by atoms with E-state index in [0.717, 1.165) is 24.1 Å². The highest BCUT2D eigenvalue weighted by Gasteiger charge is 2.24. The fourth-order valence-corrected chi connectivity index (χ4v) is 3.52. The summed E-state index contributed by atoms with van der Waals surface area (Å²) in [6, 6.07) is 15.8. The van der Waals surface area contributed by atoms with Gasteiger partial charge in [0.2, 0.25) is 5.91 Å². The average Bonchev–Trinajstić information content (AvgIpc) is 2.69. The van der Waals surface area contributed by atoms with Gasteiger partial charge in [-0.25, -0.2) is 4.79 Å². The molecule has 28 heavy (non-hydrogen) atoms. The van der Waals surface area contributed by atoms with Crippen molar-refractivity contribution < 1.29 is 9.59 Å². The Hall–Kier alpha value is -2.82. The van der Waals surface area contributed by atoms with E-state index in [9.17, 15) is 9.59 Å². The molecule has 0 aliphatic carbocycles. The van der Waals surface area contributed by atoms with E-state index in [2.05, 4.69) is 23.6 Å². The third-order valence-electron chi connectivity index (χ3n) is 5.42. The number of nitrogens with one attached hydrogen (secondary N) is 2. The number of carbonyl (C=O) groups excluding carboxylic acids is 2. The van der Waals surface area contributed by atoms with Crippen LogP contribution in [0.3, 0.4) is 0 Å². The van der Waals surface area contributed by atoms with Gasteiger partial charge in [-0.2, -0.15) is 0 Å². The maximum Gasteiger partial charge on any atom is 0.321 e. The number of amides is 3. The molecule has 1 fully saturated rings. The first-order chi connectivity index (χ1) is 13.5. The topological polar surface area (TPSA) is 61.4 Å². The molecule has 0 radical (unpaired) electrons. The number of urea groups is 1. The van der Waals surface area contributed by atoms with Gasteiger partial charge in [-0.1, -0.05) is 42.0 Å². The van der Waals surface area contributed by atoms with Crippen LogP contribution in [-0.2, 0) is 11.3 Å². The minimum atomic E-state index is -0.0636. The first-order valence-corrected chi connectivity index (χ1v) is 9.95. The zero-order valence-electron chi connectivity index (χ0n) is 16.7. The Labute approximate surface area is 167 Å². The van der Waals surface area contributed by atoms with E-state index >= 15 is 0 Å². The third-order valence-corrected chi connectivity index (χ3v) is 5.42. The van der Waals surface area contributed by atoms with Crippen LogP contribution in [0.2, 0.25) is 0 Å². The Morgan fingerprint density at radius 1 is 1.00 bits per heavy atom. The number of nitrogens with zero attached hydrogens (tertiary/aromatic N) is 1. The molecule has 2 aromatic rings. The van der Waals surface area contributed by atoms with Gasteiger partial charge >= 0.3 is 6.03 Å². The van der Waals surface area contributed by atoms with Gasteiger partial charge in [0.15, 0.2) is 0 Å². The summed E-state index contributed by atoms with van der Waals surface area (Å²) in [4.78, 5) is 26.5. The fourth-order valence-electron chi connectivity index (χ4n) is 3.52. The molecular formula is C23H29N3O2. The van der Waals surface area contributed by atoms with Crippen molar-refractivity contribution in [3.63, 3.8) is 0 Å². The number of hydrogen-bond acceptors (Lipinski definition) is 2. The fraction of sp³-hybridized carbons (Fsp3) is 0.391. The van der Waals surface area contributed by atoms with Crippen molar-refractivity contribution in [3.8, 4) is 0 Å². The number of likely N-dealkylation sites (tertiary alicyclic amines) is 1. The maximum atomic E-state index is 12.4. The number of hydrogen-bond donors (Lipinski definition) is 2. The van der Waals surface area contributed by atoms with Crippen LogP contribution in [0.1, 0.15) is 36.0 Å². The summed E-state index contributed by atoms with van der Waals surface area (Å²) in [7, 11) is 0. The summed E-state index contributed by atoms with van der Waals surface area (Å²) in [5, 5.41) is 5.97. The van der Waals surface area contributed by atoms with Gasteiger partial charge in [-0.15, -0.1) is 0 Å². The molecule has 1 aliphatic rings. The van der Waals surface area contributed by atoms with Crippen molar-refractivity contribution >= 4 is 17.6 Å². The van der Waals surface area contributed by atoms with Crippen LogP contribution >= 0.6 is 0 Å². The van der Waals surface area contributed by atoms with Crippen molar-refractivity contribution in [1.82, 2.24) is 10.2 Å². The molecular weight excluding hydrogens is 350 g/mol. The molecule has 3 amide bonds. The zero-order chi connectivity index (χ0) is 19.9. The molecule has 3 rings (SSSR count). The lowest BCUT2D eigenvalue weighted by molar-refractivity contribution is -0.122. The zero-order valence-corrected chi connectivity index (χ0v) is 16.7. The first-order valence-electron chi connectivity index (χ1n) is 9.95. The number of benzene rings is 2. The number of aryl methyl sites for hydroxylation is 2. The maximum absolute atomic E-state index is 12.4. The summed E-state index contributed by atoms with van der Waals surface area (Å²) in [6.07, 6.45) is 2.25. The third kappa shape index (κ3) is 5.59. The van der Waals surface area contributed by atoms with Crippen molar-refractivity contribution in [1.29, 1.82) is 0 Å². The van der Waals surface area contributed by atoms with E-state index in [-0.39, 0.29) is 11.9 Å². The molecule has 0 atom stereocenters. The van der Waals surface area contributed by atoms with E-state index in [1.54, 1.807) is 0 Å².